The van der Waals surface area contributed by atoms with Crippen LogP contribution in [0, 0.1) is 0 Å². The fourth-order valence-electron chi connectivity index (χ4n) is 2.89. The highest BCUT2D eigenvalue weighted by Crippen LogP contribution is 2.33. The third-order valence-corrected chi connectivity index (χ3v) is 5.52. The molecule has 172 valence electrons. The Hall–Kier alpha value is -3.92. The number of nitrogens with zero attached hydrogens (tertiary/aromatic N) is 1. The van der Waals surface area contributed by atoms with E-state index in [-0.39, 0.29) is 18.9 Å². The number of esters is 1. The van der Waals surface area contributed by atoms with Gasteiger partial charge in [0, 0.05) is 22.2 Å². The highest BCUT2D eigenvalue weighted by atomic mass is 32.1. The summed E-state index contributed by atoms with van der Waals surface area (Å²) in [6, 6.07) is 11.9. The molecule has 0 aliphatic carbocycles. The number of rotatable bonds is 9. The van der Waals surface area contributed by atoms with Gasteiger partial charge in [-0.25, -0.2) is 4.98 Å². The lowest BCUT2D eigenvalue weighted by atomic mass is 10.2. The predicted molar refractivity (Wildman–Crippen MR) is 124 cm³/mol. The van der Waals surface area contributed by atoms with Crippen LogP contribution in [0.3, 0.4) is 0 Å². The SMILES string of the molecule is COC(=O)CNC(=O)c1ccc(NC(=O)Cc2csc(-c3ccc(OC)c(OC)c3)n2)cc1. The van der Waals surface area contributed by atoms with E-state index < -0.39 is 11.9 Å². The molecule has 0 radical (unpaired) electrons. The zero-order valence-electron chi connectivity index (χ0n) is 18.3. The van der Waals surface area contributed by atoms with Gasteiger partial charge in [-0.05, 0) is 42.5 Å². The number of carbonyl (C=O) groups excluding carboxylic acids is 3. The first kappa shape index (κ1) is 23.7. The van der Waals surface area contributed by atoms with Gasteiger partial charge in [-0.2, -0.15) is 0 Å². The van der Waals surface area contributed by atoms with Crippen molar-refractivity contribution < 1.29 is 28.6 Å². The third-order valence-electron chi connectivity index (χ3n) is 4.58. The maximum atomic E-state index is 12.4. The Morgan fingerprint density at radius 3 is 2.36 bits per heavy atom. The van der Waals surface area contributed by atoms with Crippen LogP contribution in [0.5, 0.6) is 11.5 Å². The molecule has 2 aromatic carbocycles. The Kier molecular flexibility index (Phi) is 7.98. The Bertz CT molecular complexity index is 1140. The molecule has 0 atom stereocenters. The molecule has 0 saturated carbocycles. The number of aromatic nitrogens is 1. The van der Waals surface area contributed by atoms with Crippen LogP contribution in [0.4, 0.5) is 5.69 Å². The topological polar surface area (TPSA) is 116 Å². The Labute approximate surface area is 194 Å². The second kappa shape index (κ2) is 11.1. The number of nitrogens with one attached hydrogen (secondary N) is 2. The second-order valence-corrected chi connectivity index (χ2v) is 7.63. The first-order valence-electron chi connectivity index (χ1n) is 9.85. The number of thiazole rings is 1. The quantitative estimate of drug-likeness (QED) is 0.463. The van der Waals surface area contributed by atoms with Gasteiger partial charge >= 0.3 is 5.97 Å². The molecule has 0 fully saturated rings. The summed E-state index contributed by atoms with van der Waals surface area (Å²) in [7, 11) is 4.39. The molecule has 33 heavy (non-hydrogen) atoms. The van der Waals surface area contributed by atoms with Crippen LogP contribution in [-0.2, 0) is 20.7 Å². The number of benzene rings is 2. The van der Waals surface area contributed by atoms with Crippen LogP contribution in [0.15, 0.2) is 47.8 Å². The van der Waals surface area contributed by atoms with Crippen molar-refractivity contribution in [2.24, 2.45) is 0 Å². The van der Waals surface area contributed by atoms with Crippen LogP contribution in [0.25, 0.3) is 10.6 Å². The van der Waals surface area contributed by atoms with Gasteiger partial charge in [0.2, 0.25) is 5.91 Å². The van der Waals surface area contributed by atoms with Crippen molar-refractivity contribution in [2.45, 2.75) is 6.42 Å². The van der Waals surface area contributed by atoms with Gasteiger partial charge in [0.1, 0.15) is 11.6 Å². The summed E-state index contributed by atoms with van der Waals surface area (Å²) in [5.74, 6) is 0.0466. The van der Waals surface area contributed by atoms with E-state index in [2.05, 4.69) is 20.4 Å². The largest absolute Gasteiger partial charge is 0.493 e. The molecule has 3 aromatic rings. The number of ether oxygens (including phenoxy) is 3. The van der Waals surface area contributed by atoms with E-state index >= 15 is 0 Å². The van der Waals surface area contributed by atoms with Gasteiger partial charge < -0.3 is 24.8 Å². The standard InChI is InChI=1S/C23H23N3O6S/c1-30-18-9-6-15(10-19(18)31-2)23-26-17(13-33-23)11-20(27)25-16-7-4-14(5-8-16)22(29)24-12-21(28)32-3/h4-10,13H,11-12H2,1-3H3,(H,24,29)(H,25,27). The van der Waals surface area contributed by atoms with E-state index in [0.29, 0.717) is 28.4 Å². The van der Waals surface area contributed by atoms with Crippen molar-refractivity contribution >= 4 is 34.8 Å². The molecule has 1 aromatic heterocycles. The van der Waals surface area contributed by atoms with E-state index in [9.17, 15) is 14.4 Å². The van der Waals surface area contributed by atoms with E-state index in [1.54, 1.807) is 44.6 Å². The predicted octanol–water partition coefficient (Wildman–Crippen LogP) is 2.91. The molecule has 0 unspecified atom stereocenters. The van der Waals surface area contributed by atoms with Crippen LogP contribution in [0.1, 0.15) is 16.1 Å². The van der Waals surface area contributed by atoms with Gasteiger partial charge in [0.05, 0.1) is 33.4 Å². The van der Waals surface area contributed by atoms with E-state index in [1.165, 1.54) is 18.4 Å². The van der Waals surface area contributed by atoms with E-state index in [4.69, 9.17) is 9.47 Å². The summed E-state index contributed by atoms with van der Waals surface area (Å²) in [6.07, 6.45) is 0.102. The highest BCUT2D eigenvalue weighted by molar-refractivity contribution is 7.13. The minimum atomic E-state index is -0.538. The first-order chi connectivity index (χ1) is 15.9. The average molecular weight is 470 g/mol. The molecule has 10 heteroatoms. The van der Waals surface area contributed by atoms with E-state index in [1.807, 2.05) is 17.5 Å². The minimum absolute atomic E-state index is 0.102. The number of carbonyl (C=O) groups is 3. The lowest BCUT2D eigenvalue weighted by Gasteiger charge is -2.08. The minimum Gasteiger partial charge on any atom is -0.493 e. The molecular formula is C23H23N3O6S. The highest BCUT2D eigenvalue weighted by Gasteiger charge is 2.13. The van der Waals surface area contributed by atoms with Crippen molar-refractivity contribution in [1.29, 1.82) is 0 Å². The van der Waals surface area contributed by atoms with Crippen molar-refractivity contribution in [1.82, 2.24) is 10.3 Å². The molecule has 0 bridgehead atoms. The number of methoxy groups -OCH3 is 3. The number of hydrogen-bond donors (Lipinski definition) is 2. The van der Waals surface area contributed by atoms with E-state index in [0.717, 1.165) is 10.6 Å². The van der Waals surface area contributed by atoms with Crippen molar-refractivity contribution in [3.63, 3.8) is 0 Å². The Balaban J connectivity index is 1.58. The summed E-state index contributed by atoms with van der Waals surface area (Å²) in [6.45, 7) is -0.216. The Morgan fingerprint density at radius 2 is 1.70 bits per heavy atom. The van der Waals surface area contributed by atoms with Gasteiger partial charge in [-0.3, -0.25) is 14.4 Å². The Morgan fingerprint density at radius 1 is 0.970 bits per heavy atom. The van der Waals surface area contributed by atoms with Gasteiger partial charge in [-0.1, -0.05) is 0 Å². The fraction of sp³-hybridized carbons (Fsp3) is 0.217. The number of hydrogen-bond acceptors (Lipinski definition) is 8. The monoisotopic (exact) mass is 469 g/mol. The first-order valence-corrected chi connectivity index (χ1v) is 10.7. The third kappa shape index (κ3) is 6.30. The lowest BCUT2D eigenvalue weighted by molar-refractivity contribution is -0.139. The fourth-order valence-corrected chi connectivity index (χ4v) is 3.71. The normalized spacial score (nSPS) is 10.3. The smallest absolute Gasteiger partial charge is 0.325 e. The van der Waals surface area contributed by atoms with Crippen LogP contribution in [-0.4, -0.2) is 50.6 Å². The summed E-state index contributed by atoms with van der Waals surface area (Å²) < 4.78 is 15.1. The van der Waals surface area contributed by atoms with Crippen LogP contribution < -0.4 is 20.1 Å². The van der Waals surface area contributed by atoms with Crippen molar-refractivity contribution in [3.05, 3.63) is 59.1 Å². The molecule has 0 aliphatic heterocycles. The lowest BCUT2D eigenvalue weighted by Crippen LogP contribution is -2.30. The summed E-state index contributed by atoms with van der Waals surface area (Å²) in [5.41, 5.74) is 2.40. The van der Waals surface area contributed by atoms with Gasteiger partial charge in [0.25, 0.3) is 5.91 Å². The van der Waals surface area contributed by atoms with Crippen molar-refractivity contribution in [3.8, 4) is 22.1 Å². The summed E-state index contributed by atoms with van der Waals surface area (Å²) >= 11 is 1.43. The average Bonchev–Trinajstić information content (AvgIpc) is 3.30. The molecule has 2 amide bonds. The number of amides is 2. The molecule has 0 aliphatic rings. The maximum absolute atomic E-state index is 12.4. The zero-order chi connectivity index (χ0) is 23.8. The van der Waals surface area contributed by atoms with Crippen molar-refractivity contribution in [2.75, 3.05) is 33.2 Å². The molecule has 9 nitrogen and oxygen atoms in total. The van der Waals surface area contributed by atoms with Crippen LogP contribution >= 0.6 is 11.3 Å². The molecular weight excluding hydrogens is 446 g/mol. The summed E-state index contributed by atoms with van der Waals surface area (Å²) in [5, 5.41) is 7.83. The summed E-state index contributed by atoms with van der Waals surface area (Å²) in [4.78, 5) is 40.1. The zero-order valence-corrected chi connectivity index (χ0v) is 19.2. The number of anilines is 1. The molecule has 0 spiro atoms. The maximum Gasteiger partial charge on any atom is 0.325 e. The van der Waals surface area contributed by atoms with Crippen LogP contribution in [0.2, 0.25) is 0 Å². The van der Waals surface area contributed by atoms with Gasteiger partial charge in [-0.15, -0.1) is 11.3 Å². The van der Waals surface area contributed by atoms with Gasteiger partial charge in [0.15, 0.2) is 11.5 Å². The molecule has 2 N–H and O–H groups in total. The second-order valence-electron chi connectivity index (χ2n) is 6.77. The molecule has 1 heterocycles. The molecule has 0 saturated heterocycles. The molecule has 3 rings (SSSR count).